The molecule has 0 fully saturated rings. The molecule has 5 nitrogen and oxygen atoms in total. The number of nitriles is 1. The first-order valence-corrected chi connectivity index (χ1v) is 10.1. The molecule has 0 saturated heterocycles. The second-order valence-corrected chi connectivity index (χ2v) is 7.76. The average Bonchev–Trinajstić information content (AvgIpc) is 3.21. The average molecular weight is 399 g/mol. The standard InChI is InChI=1S/C23H17N3O2S/c24-8-7-15-9-19(18-6-5-16-3-1-2-4-17(16)11-18)12-20(10-15)21-13-22(26-25-21)29-14-23(27)28/h1-6,9-12H,7,13-14H2,(H,27,28). The summed E-state index contributed by atoms with van der Waals surface area (Å²) in [6.45, 7) is 0. The molecular formula is C23H17N3O2S. The van der Waals surface area contributed by atoms with E-state index in [9.17, 15) is 10.1 Å². The maximum Gasteiger partial charge on any atom is 0.313 e. The summed E-state index contributed by atoms with van der Waals surface area (Å²) in [7, 11) is 0. The third kappa shape index (κ3) is 4.36. The fraction of sp³-hybridized carbons (Fsp3) is 0.130. The molecule has 1 aliphatic heterocycles. The Morgan fingerprint density at radius 2 is 1.79 bits per heavy atom. The number of nitrogens with zero attached hydrogens (tertiary/aromatic N) is 3. The lowest BCUT2D eigenvalue weighted by molar-refractivity contribution is -0.133. The van der Waals surface area contributed by atoms with Crippen LogP contribution in [0.4, 0.5) is 0 Å². The van der Waals surface area contributed by atoms with Crippen LogP contribution >= 0.6 is 11.8 Å². The summed E-state index contributed by atoms with van der Waals surface area (Å²) in [5.74, 6) is -0.904. The summed E-state index contributed by atoms with van der Waals surface area (Å²) in [5.41, 5.74) is 4.72. The molecule has 0 radical (unpaired) electrons. The van der Waals surface area contributed by atoms with Crippen LogP contribution in [0.2, 0.25) is 0 Å². The summed E-state index contributed by atoms with van der Waals surface area (Å²) < 4.78 is 0. The van der Waals surface area contributed by atoms with E-state index in [1.807, 2.05) is 24.3 Å². The van der Waals surface area contributed by atoms with Crippen molar-refractivity contribution >= 4 is 39.3 Å². The van der Waals surface area contributed by atoms with E-state index in [1.165, 1.54) is 17.1 Å². The van der Waals surface area contributed by atoms with E-state index in [4.69, 9.17) is 5.11 Å². The predicted molar refractivity (Wildman–Crippen MR) is 117 cm³/mol. The molecule has 1 heterocycles. The second kappa shape index (κ2) is 8.29. The molecule has 4 rings (SSSR count). The van der Waals surface area contributed by atoms with E-state index < -0.39 is 5.97 Å². The summed E-state index contributed by atoms with van der Waals surface area (Å²) in [6.07, 6.45) is 0.814. The number of rotatable bonds is 5. The number of fused-ring (bicyclic) bond motifs is 1. The zero-order chi connectivity index (χ0) is 20.2. The number of aliphatic carboxylic acids is 1. The molecule has 29 heavy (non-hydrogen) atoms. The molecule has 1 aliphatic rings. The fourth-order valence-electron chi connectivity index (χ4n) is 3.30. The number of hydrogen-bond acceptors (Lipinski definition) is 5. The van der Waals surface area contributed by atoms with E-state index in [0.717, 1.165) is 33.4 Å². The molecule has 0 saturated carbocycles. The normalized spacial score (nSPS) is 13.1. The molecule has 0 aromatic heterocycles. The Kier molecular flexibility index (Phi) is 5.41. The molecule has 142 valence electrons. The van der Waals surface area contributed by atoms with E-state index in [1.54, 1.807) is 0 Å². The van der Waals surface area contributed by atoms with Crippen molar-refractivity contribution in [3.8, 4) is 17.2 Å². The quantitative estimate of drug-likeness (QED) is 0.661. The lowest BCUT2D eigenvalue weighted by Crippen LogP contribution is -2.06. The Morgan fingerprint density at radius 1 is 1.00 bits per heavy atom. The maximum atomic E-state index is 10.8. The van der Waals surface area contributed by atoms with E-state index in [2.05, 4.69) is 52.7 Å². The van der Waals surface area contributed by atoms with Crippen molar-refractivity contribution in [2.45, 2.75) is 12.8 Å². The first-order chi connectivity index (χ1) is 14.1. The number of hydrogen-bond donors (Lipinski definition) is 1. The minimum atomic E-state index is -0.874. The fourth-order valence-corrected chi connectivity index (χ4v) is 3.93. The SMILES string of the molecule is N#CCc1cc(C2=NN=C(SCC(=O)O)C2)cc(-c2ccc3ccccc3c2)c1. The van der Waals surface area contributed by atoms with Gasteiger partial charge >= 0.3 is 5.97 Å². The zero-order valence-electron chi connectivity index (χ0n) is 15.5. The number of carboxylic acid groups (broad SMARTS) is 1. The highest BCUT2D eigenvalue weighted by Gasteiger charge is 2.17. The van der Waals surface area contributed by atoms with Crippen molar-refractivity contribution in [1.29, 1.82) is 5.26 Å². The van der Waals surface area contributed by atoms with Gasteiger partial charge in [0.2, 0.25) is 0 Å². The lowest BCUT2D eigenvalue weighted by Gasteiger charge is -2.10. The van der Waals surface area contributed by atoms with Gasteiger partial charge in [0.1, 0.15) is 5.04 Å². The Balaban J connectivity index is 1.66. The van der Waals surface area contributed by atoms with Crippen LogP contribution in [0.1, 0.15) is 17.5 Å². The van der Waals surface area contributed by atoms with Crippen molar-refractivity contribution in [2.75, 3.05) is 5.75 Å². The van der Waals surface area contributed by atoms with Crippen LogP contribution in [0.3, 0.4) is 0 Å². The second-order valence-electron chi connectivity index (χ2n) is 6.72. The van der Waals surface area contributed by atoms with Gasteiger partial charge in [-0.15, -0.1) is 5.10 Å². The Morgan fingerprint density at radius 3 is 2.59 bits per heavy atom. The van der Waals surface area contributed by atoms with Gasteiger partial charge in [0.25, 0.3) is 0 Å². The Labute approximate surface area is 172 Å². The third-order valence-corrected chi connectivity index (χ3v) is 5.61. The smallest absolute Gasteiger partial charge is 0.313 e. The monoisotopic (exact) mass is 399 g/mol. The van der Waals surface area contributed by atoms with E-state index >= 15 is 0 Å². The molecule has 3 aromatic carbocycles. The van der Waals surface area contributed by atoms with Crippen LogP contribution in [-0.2, 0) is 11.2 Å². The highest BCUT2D eigenvalue weighted by Crippen LogP contribution is 2.28. The molecule has 0 aliphatic carbocycles. The molecule has 0 atom stereocenters. The molecule has 0 unspecified atom stereocenters. The minimum absolute atomic E-state index is 0.0293. The minimum Gasteiger partial charge on any atom is -0.481 e. The van der Waals surface area contributed by atoms with Gasteiger partial charge in [-0.25, -0.2) is 0 Å². The molecule has 6 heteroatoms. The summed E-state index contributed by atoms with van der Waals surface area (Å²) in [6, 6.07) is 22.8. The van der Waals surface area contributed by atoms with Gasteiger partial charge in [0, 0.05) is 6.42 Å². The van der Waals surface area contributed by atoms with E-state index in [0.29, 0.717) is 17.9 Å². The van der Waals surface area contributed by atoms with Gasteiger partial charge in [-0.1, -0.05) is 54.2 Å². The van der Waals surface area contributed by atoms with Crippen molar-refractivity contribution in [3.63, 3.8) is 0 Å². The van der Waals surface area contributed by atoms with Gasteiger partial charge < -0.3 is 5.11 Å². The Hall–Kier alpha value is -3.43. The summed E-state index contributed by atoms with van der Waals surface area (Å²) in [4.78, 5) is 10.8. The molecule has 0 spiro atoms. The number of thioether (sulfide) groups is 1. The number of carbonyl (C=O) groups is 1. The van der Waals surface area contributed by atoms with Crippen LogP contribution in [0.25, 0.3) is 21.9 Å². The number of carboxylic acids is 1. The number of benzene rings is 3. The van der Waals surface area contributed by atoms with Crippen LogP contribution in [0, 0.1) is 11.3 Å². The van der Waals surface area contributed by atoms with Crippen LogP contribution < -0.4 is 0 Å². The highest BCUT2D eigenvalue weighted by atomic mass is 32.2. The zero-order valence-corrected chi connectivity index (χ0v) is 16.3. The molecule has 1 N–H and O–H groups in total. The third-order valence-electron chi connectivity index (χ3n) is 4.66. The summed E-state index contributed by atoms with van der Waals surface area (Å²) in [5, 5.41) is 29.4. The van der Waals surface area contributed by atoms with Gasteiger partial charge in [0.15, 0.2) is 0 Å². The molecule has 0 amide bonds. The van der Waals surface area contributed by atoms with Crippen LogP contribution in [-0.4, -0.2) is 27.6 Å². The highest BCUT2D eigenvalue weighted by molar-refractivity contribution is 8.14. The largest absolute Gasteiger partial charge is 0.481 e. The van der Waals surface area contributed by atoms with E-state index in [-0.39, 0.29) is 5.75 Å². The van der Waals surface area contributed by atoms with Crippen LogP contribution in [0.15, 0.2) is 70.9 Å². The first-order valence-electron chi connectivity index (χ1n) is 9.11. The van der Waals surface area contributed by atoms with Gasteiger partial charge in [-0.05, 0) is 51.2 Å². The lowest BCUT2D eigenvalue weighted by atomic mass is 9.94. The molecule has 3 aromatic rings. The van der Waals surface area contributed by atoms with Crippen molar-refractivity contribution in [2.24, 2.45) is 10.2 Å². The topological polar surface area (TPSA) is 85.8 Å². The Bertz CT molecular complexity index is 1210. The van der Waals surface area contributed by atoms with Crippen molar-refractivity contribution < 1.29 is 9.90 Å². The van der Waals surface area contributed by atoms with Crippen LogP contribution in [0.5, 0.6) is 0 Å². The van der Waals surface area contributed by atoms with Gasteiger partial charge in [-0.3, -0.25) is 4.79 Å². The first kappa shape index (κ1) is 18.9. The summed E-state index contributed by atoms with van der Waals surface area (Å²) >= 11 is 1.19. The predicted octanol–water partition coefficient (Wildman–Crippen LogP) is 4.90. The van der Waals surface area contributed by atoms with Gasteiger partial charge in [-0.2, -0.15) is 10.4 Å². The van der Waals surface area contributed by atoms with Crippen molar-refractivity contribution in [1.82, 2.24) is 0 Å². The van der Waals surface area contributed by atoms with Crippen molar-refractivity contribution in [3.05, 3.63) is 71.8 Å². The molecule has 0 bridgehead atoms. The molecular weight excluding hydrogens is 382 g/mol. The maximum absolute atomic E-state index is 10.8. The van der Waals surface area contributed by atoms with Gasteiger partial charge in [0.05, 0.1) is 24.0 Å².